The van der Waals surface area contributed by atoms with Crippen molar-refractivity contribution in [3.05, 3.63) is 15.6 Å². The summed E-state index contributed by atoms with van der Waals surface area (Å²) in [6.07, 6.45) is 8.21. The molecule has 0 aromatic carbocycles. The Kier molecular flexibility index (Phi) is 5.30. The number of aromatic nitrogens is 1. The van der Waals surface area contributed by atoms with Crippen molar-refractivity contribution in [2.45, 2.75) is 71.5 Å². The van der Waals surface area contributed by atoms with Crippen LogP contribution >= 0.6 is 11.3 Å². The highest BCUT2D eigenvalue weighted by atomic mass is 32.1. The Hall–Kier alpha value is -0.450. The maximum atomic E-state index is 4.81. The van der Waals surface area contributed by atoms with Crippen LogP contribution in [0.1, 0.15) is 61.0 Å². The first-order valence-corrected chi connectivity index (χ1v) is 9.43. The molecule has 1 aliphatic heterocycles. The Labute approximate surface area is 133 Å². The molecule has 3 rings (SSSR count). The van der Waals surface area contributed by atoms with E-state index in [1.807, 2.05) is 11.3 Å². The van der Waals surface area contributed by atoms with Gasteiger partial charge in [0.05, 0.1) is 12.2 Å². The minimum atomic E-state index is 0.749. The average molecular weight is 308 g/mol. The van der Waals surface area contributed by atoms with Gasteiger partial charge in [0, 0.05) is 17.5 Å². The maximum absolute atomic E-state index is 4.81. The van der Waals surface area contributed by atoms with Crippen molar-refractivity contribution in [1.29, 1.82) is 0 Å². The molecule has 2 aliphatic rings. The molecule has 1 aromatic rings. The van der Waals surface area contributed by atoms with E-state index in [0.29, 0.717) is 0 Å². The number of nitrogens with zero attached hydrogens (tertiary/aromatic N) is 2. The molecule has 21 heavy (non-hydrogen) atoms. The van der Waals surface area contributed by atoms with Crippen LogP contribution < -0.4 is 5.32 Å². The number of likely N-dealkylation sites (tertiary alicyclic amines) is 1. The third-order valence-corrected chi connectivity index (χ3v) is 6.22. The molecular formula is C17H29N3S. The van der Waals surface area contributed by atoms with Gasteiger partial charge in [-0.3, -0.25) is 4.90 Å². The SMILES string of the molecule is Cc1nc(CN2CCC(C)CC2)sc1CNC1CCCC1. The highest BCUT2D eigenvalue weighted by Gasteiger charge is 2.19. The fraction of sp³-hybridized carbons (Fsp3) is 0.824. The number of hydrogen-bond donors (Lipinski definition) is 1. The molecule has 0 unspecified atom stereocenters. The van der Waals surface area contributed by atoms with E-state index in [2.05, 4.69) is 24.1 Å². The Morgan fingerprint density at radius 3 is 2.62 bits per heavy atom. The lowest BCUT2D eigenvalue weighted by molar-refractivity contribution is 0.185. The average Bonchev–Trinajstić information content (AvgIpc) is 3.09. The van der Waals surface area contributed by atoms with E-state index in [0.717, 1.165) is 25.0 Å². The van der Waals surface area contributed by atoms with E-state index in [-0.39, 0.29) is 0 Å². The van der Waals surface area contributed by atoms with Crippen molar-refractivity contribution in [3.63, 3.8) is 0 Å². The summed E-state index contributed by atoms with van der Waals surface area (Å²) >= 11 is 1.92. The number of aryl methyl sites for hydroxylation is 1. The van der Waals surface area contributed by atoms with Crippen molar-refractivity contribution in [1.82, 2.24) is 15.2 Å². The zero-order valence-corrected chi connectivity index (χ0v) is 14.3. The molecule has 1 N–H and O–H groups in total. The molecule has 0 atom stereocenters. The van der Waals surface area contributed by atoms with Crippen LogP contribution in [0.15, 0.2) is 0 Å². The third-order valence-electron chi connectivity index (χ3n) is 5.08. The molecule has 3 nitrogen and oxygen atoms in total. The van der Waals surface area contributed by atoms with Gasteiger partial charge in [-0.25, -0.2) is 4.98 Å². The van der Waals surface area contributed by atoms with E-state index >= 15 is 0 Å². The summed E-state index contributed by atoms with van der Waals surface area (Å²) < 4.78 is 0. The quantitative estimate of drug-likeness (QED) is 0.898. The lowest BCUT2D eigenvalue weighted by Gasteiger charge is -2.29. The molecule has 4 heteroatoms. The topological polar surface area (TPSA) is 28.2 Å². The summed E-state index contributed by atoms with van der Waals surface area (Å²) in [6, 6.07) is 0.749. The van der Waals surface area contributed by atoms with Crippen molar-refractivity contribution < 1.29 is 0 Å². The lowest BCUT2D eigenvalue weighted by Crippen LogP contribution is -2.32. The predicted octanol–water partition coefficient (Wildman–Crippen LogP) is 3.72. The minimum Gasteiger partial charge on any atom is -0.309 e. The Bertz CT molecular complexity index is 443. The Morgan fingerprint density at radius 1 is 1.19 bits per heavy atom. The number of thiazole rings is 1. The van der Waals surface area contributed by atoms with Gasteiger partial charge in [0.2, 0.25) is 0 Å². The summed E-state index contributed by atoms with van der Waals surface area (Å²) in [5.74, 6) is 0.908. The summed E-state index contributed by atoms with van der Waals surface area (Å²) in [4.78, 5) is 8.83. The van der Waals surface area contributed by atoms with E-state index in [1.54, 1.807) is 0 Å². The van der Waals surface area contributed by atoms with Gasteiger partial charge in [0.25, 0.3) is 0 Å². The van der Waals surface area contributed by atoms with Gasteiger partial charge in [-0.1, -0.05) is 19.8 Å². The van der Waals surface area contributed by atoms with Gasteiger partial charge in [0.1, 0.15) is 5.01 Å². The van der Waals surface area contributed by atoms with Crippen LogP contribution in [0.4, 0.5) is 0 Å². The first-order valence-electron chi connectivity index (χ1n) is 8.61. The van der Waals surface area contributed by atoms with Crippen molar-refractivity contribution >= 4 is 11.3 Å². The molecular weight excluding hydrogens is 278 g/mol. The maximum Gasteiger partial charge on any atom is 0.107 e. The van der Waals surface area contributed by atoms with Gasteiger partial charge in [0.15, 0.2) is 0 Å². The fourth-order valence-corrected chi connectivity index (χ4v) is 4.56. The van der Waals surface area contributed by atoms with Crippen LogP contribution in [-0.2, 0) is 13.1 Å². The highest BCUT2D eigenvalue weighted by molar-refractivity contribution is 7.11. The first kappa shape index (κ1) is 15.4. The normalized spacial score (nSPS) is 22.2. The second-order valence-corrected chi connectivity index (χ2v) is 8.11. The molecule has 1 aliphatic carbocycles. The molecule has 2 heterocycles. The van der Waals surface area contributed by atoms with Gasteiger partial charge in [-0.05, 0) is 51.6 Å². The van der Waals surface area contributed by atoms with Crippen molar-refractivity contribution in [2.75, 3.05) is 13.1 Å². The molecule has 1 saturated carbocycles. The van der Waals surface area contributed by atoms with Crippen LogP contribution in [0.2, 0.25) is 0 Å². The van der Waals surface area contributed by atoms with Gasteiger partial charge in [-0.2, -0.15) is 0 Å². The standard InChI is InChI=1S/C17H29N3S/c1-13-7-9-20(10-8-13)12-17-19-14(2)16(21-17)11-18-15-5-3-4-6-15/h13,15,18H,3-12H2,1-2H3. The first-order chi connectivity index (χ1) is 10.2. The molecule has 0 bridgehead atoms. The summed E-state index contributed by atoms with van der Waals surface area (Å²) in [5, 5.41) is 5.03. The van der Waals surface area contributed by atoms with Crippen LogP contribution in [0.25, 0.3) is 0 Å². The Morgan fingerprint density at radius 2 is 1.90 bits per heavy atom. The zero-order valence-electron chi connectivity index (χ0n) is 13.5. The minimum absolute atomic E-state index is 0.749. The molecule has 1 saturated heterocycles. The molecule has 0 amide bonds. The van der Waals surface area contributed by atoms with Crippen molar-refractivity contribution in [3.8, 4) is 0 Å². The number of nitrogens with one attached hydrogen (secondary N) is 1. The van der Waals surface area contributed by atoms with Crippen LogP contribution in [-0.4, -0.2) is 29.0 Å². The smallest absolute Gasteiger partial charge is 0.107 e. The summed E-state index contributed by atoms with van der Waals surface area (Å²) in [7, 11) is 0. The summed E-state index contributed by atoms with van der Waals surface area (Å²) in [5.41, 5.74) is 1.24. The molecule has 2 fully saturated rings. The second kappa shape index (κ2) is 7.21. The van der Waals surface area contributed by atoms with Crippen molar-refractivity contribution in [2.24, 2.45) is 5.92 Å². The molecule has 0 radical (unpaired) electrons. The monoisotopic (exact) mass is 307 g/mol. The van der Waals surface area contributed by atoms with E-state index in [9.17, 15) is 0 Å². The number of hydrogen-bond acceptors (Lipinski definition) is 4. The second-order valence-electron chi connectivity index (χ2n) is 6.94. The lowest BCUT2D eigenvalue weighted by atomic mass is 9.99. The summed E-state index contributed by atoms with van der Waals surface area (Å²) in [6.45, 7) is 9.11. The van der Waals surface area contributed by atoms with Gasteiger partial charge in [-0.15, -0.1) is 11.3 Å². The predicted molar refractivity (Wildman–Crippen MR) is 89.6 cm³/mol. The Balaban J connectivity index is 1.51. The van der Waals surface area contributed by atoms with Crippen LogP contribution in [0, 0.1) is 12.8 Å². The van der Waals surface area contributed by atoms with Gasteiger partial charge < -0.3 is 5.32 Å². The number of piperidine rings is 1. The third kappa shape index (κ3) is 4.27. The molecule has 0 spiro atoms. The van der Waals surface area contributed by atoms with Crippen LogP contribution in [0.5, 0.6) is 0 Å². The van der Waals surface area contributed by atoms with E-state index in [4.69, 9.17) is 4.98 Å². The van der Waals surface area contributed by atoms with Gasteiger partial charge >= 0.3 is 0 Å². The largest absolute Gasteiger partial charge is 0.309 e. The van der Waals surface area contributed by atoms with Crippen LogP contribution in [0.3, 0.4) is 0 Å². The number of rotatable bonds is 5. The van der Waals surface area contributed by atoms with E-state index in [1.165, 1.54) is 67.2 Å². The fourth-order valence-electron chi connectivity index (χ4n) is 3.50. The molecule has 1 aromatic heterocycles. The highest BCUT2D eigenvalue weighted by Crippen LogP contribution is 2.24. The molecule has 118 valence electrons. The van der Waals surface area contributed by atoms with E-state index < -0.39 is 0 Å². The zero-order chi connectivity index (χ0) is 14.7.